The van der Waals surface area contributed by atoms with Crippen LogP contribution in [-0.4, -0.2) is 17.1 Å². The number of carbonyl (C=O) groups is 1. The first-order chi connectivity index (χ1) is 7.53. The van der Waals surface area contributed by atoms with E-state index in [9.17, 15) is 9.18 Å². The summed E-state index contributed by atoms with van der Waals surface area (Å²) < 4.78 is 12.7. The van der Waals surface area contributed by atoms with Crippen LogP contribution in [-0.2, 0) is 11.2 Å². The average molecular weight is 260 g/mol. The van der Waals surface area contributed by atoms with Crippen molar-refractivity contribution in [2.24, 2.45) is 11.1 Å². The SMILES string of the molecule is Cl.NC(C(=O)O)C1(Cc2ccc(F)cc2)CC1. The lowest BCUT2D eigenvalue weighted by molar-refractivity contribution is -0.140. The van der Waals surface area contributed by atoms with Gasteiger partial charge in [-0.15, -0.1) is 12.4 Å². The Morgan fingerprint density at radius 3 is 2.35 bits per heavy atom. The predicted molar refractivity (Wildman–Crippen MR) is 64.6 cm³/mol. The Hall–Kier alpha value is -1.13. The first-order valence-electron chi connectivity index (χ1n) is 5.26. The minimum Gasteiger partial charge on any atom is -0.480 e. The summed E-state index contributed by atoms with van der Waals surface area (Å²) in [5.74, 6) is -1.24. The topological polar surface area (TPSA) is 63.3 Å². The molecule has 0 saturated heterocycles. The van der Waals surface area contributed by atoms with E-state index < -0.39 is 12.0 Å². The van der Waals surface area contributed by atoms with E-state index >= 15 is 0 Å². The van der Waals surface area contributed by atoms with Crippen molar-refractivity contribution in [3.8, 4) is 0 Å². The number of carboxylic acid groups (broad SMARTS) is 1. The minimum absolute atomic E-state index is 0. The van der Waals surface area contributed by atoms with Gasteiger partial charge in [0.1, 0.15) is 11.9 Å². The maximum Gasteiger partial charge on any atom is 0.321 e. The summed E-state index contributed by atoms with van der Waals surface area (Å²) >= 11 is 0. The maximum absolute atomic E-state index is 12.7. The Labute approximate surface area is 105 Å². The zero-order valence-electron chi connectivity index (χ0n) is 9.23. The number of hydrogen-bond donors (Lipinski definition) is 2. The highest BCUT2D eigenvalue weighted by Gasteiger charge is 2.50. The van der Waals surface area contributed by atoms with Gasteiger partial charge >= 0.3 is 5.97 Å². The highest BCUT2D eigenvalue weighted by molar-refractivity contribution is 5.85. The summed E-state index contributed by atoms with van der Waals surface area (Å²) in [6, 6.07) is 5.32. The van der Waals surface area contributed by atoms with Gasteiger partial charge in [0.15, 0.2) is 0 Å². The van der Waals surface area contributed by atoms with E-state index in [1.54, 1.807) is 12.1 Å². The number of carboxylic acids is 1. The van der Waals surface area contributed by atoms with Crippen LogP contribution in [0, 0.1) is 11.2 Å². The molecule has 17 heavy (non-hydrogen) atoms. The normalized spacial score (nSPS) is 18.0. The Bertz CT molecular complexity index is 403. The van der Waals surface area contributed by atoms with Gasteiger partial charge < -0.3 is 10.8 Å². The molecule has 0 aliphatic heterocycles. The number of rotatable bonds is 4. The van der Waals surface area contributed by atoms with Crippen molar-refractivity contribution in [1.29, 1.82) is 0 Å². The smallest absolute Gasteiger partial charge is 0.321 e. The molecule has 1 aromatic carbocycles. The highest BCUT2D eigenvalue weighted by atomic mass is 35.5. The van der Waals surface area contributed by atoms with Gasteiger partial charge in [0.25, 0.3) is 0 Å². The van der Waals surface area contributed by atoms with Crippen LogP contribution in [0.25, 0.3) is 0 Å². The second-order valence-electron chi connectivity index (χ2n) is 4.48. The summed E-state index contributed by atoms with van der Waals surface area (Å²) in [6.45, 7) is 0. The van der Waals surface area contributed by atoms with E-state index in [1.165, 1.54) is 12.1 Å². The Morgan fingerprint density at radius 1 is 1.41 bits per heavy atom. The Morgan fingerprint density at radius 2 is 1.94 bits per heavy atom. The summed E-state index contributed by atoms with van der Waals surface area (Å²) in [5, 5.41) is 8.89. The maximum atomic E-state index is 12.7. The van der Waals surface area contributed by atoms with Crippen LogP contribution in [0.15, 0.2) is 24.3 Å². The standard InChI is InChI=1S/C12H14FNO2.ClH/c13-9-3-1-8(2-4-9)7-12(5-6-12)10(14)11(15)16;/h1-4,10H,5-7,14H2,(H,15,16);1H. The lowest BCUT2D eigenvalue weighted by Gasteiger charge is -2.19. The van der Waals surface area contributed by atoms with E-state index in [0.717, 1.165) is 18.4 Å². The van der Waals surface area contributed by atoms with Gasteiger partial charge in [-0.2, -0.15) is 0 Å². The monoisotopic (exact) mass is 259 g/mol. The third-order valence-corrected chi connectivity index (χ3v) is 3.29. The number of nitrogens with two attached hydrogens (primary N) is 1. The van der Waals surface area contributed by atoms with Gasteiger partial charge in [-0.1, -0.05) is 12.1 Å². The largest absolute Gasteiger partial charge is 0.480 e. The zero-order chi connectivity index (χ0) is 11.8. The van der Waals surface area contributed by atoms with Crippen LogP contribution in [0.5, 0.6) is 0 Å². The molecule has 0 heterocycles. The molecule has 3 nitrogen and oxygen atoms in total. The van der Waals surface area contributed by atoms with E-state index in [4.69, 9.17) is 10.8 Å². The van der Waals surface area contributed by atoms with Crippen molar-refractivity contribution in [3.63, 3.8) is 0 Å². The molecule has 2 rings (SSSR count). The van der Waals surface area contributed by atoms with Crippen molar-refractivity contribution >= 4 is 18.4 Å². The van der Waals surface area contributed by atoms with Gasteiger partial charge in [0.2, 0.25) is 0 Å². The molecule has 3 N–H and O–H groups in total. The van der Waals surface area contributed by atoms with Crippen molar-refractivity contribution in [1.82, 2.24) is 0 Å². The predicted octanol–water partition coefficient (Wildman–Crippen LogP) is 1.98. The van der Waals surface area contributed by atoms with Crippen LogP contribution in [0.1, 0.15) is 18.4 Å². The lowest BCUT2D eigenvalue weighted by atomic mass is 9.89. The van der Waals surface area contributed by atoms with Gasteiger partial charge in [-0.25, -0.2) is 4.39 Å². The molecule has 1 fully saturated rings. The molecule has 0 bridgehead atoms. The summed E-state index contributed by atoms with van der Waals surface area (Å²) in [7, 11) is 0. The molecule has 1 aromatic rings. The van der Waals surface area contributed by atoms with Crippen LogP contribution in [0.3, 0.4) is 0 Å². The fraction of sp³-hybridized carbons (Fsp3) is 0.417. The molecule has 1 saturated carbocycles. The molecule has 1 aliphatic carbocycles. The molecule has 1 atom stereocenters. The van der Waals surface area contributed by atoms with Gasteiger partial charge in [0.05, 0.1) is 0 Å². The highest BCUT2D eigenvalue weighted by Crippen LogP contribution is 2.50. The second kappa shape index (κ2) is 5.02. The van der Waals surface area contributed by atoms with Crippen molar-refractivity contribution in [3.05, 3.63) is 35.6 Å². The van der Waals surface area contributed by atoms with E-state index in [1.807, 2.05) is 0 Å². The zero-order valence-corrected chi connectivity index (χ0v) is 10.0. The van der Waals surface area contributed by atoms with Gasteiger partial charge in [0, 0.05) is 5.41 Å². The van der Waals surface area contributed by atoms with E-state index in [-0.39, 0.29) is 23.6 Å². The first-order valence-corrected chi connectivity index (χ1v) is 5.26. The fourth-order valence-corrected chi connectivity index (χ4v) is 2.03. The quantitative estimate of drug-likeness (QED) is 0.869. The molecule has 0 amide bonds. The molecule has 1 unspecified atom stereocenters. The van der Waals surface area contributed by atoms with Gasteiger partial charge in [-0.3, -0.25) is 4.79 Å². The Balaban J connectivity index is 0.00000144. The number of halogens is 2. The van der Waals surface area contributed by atoms with Crippen LogP contribution in [0.2, 0.25) is 0 Å². The van der Waals surface area contributed by atoms with Crippen molar-refractivity contribution in [2.45, 2.75) is 25.3 Å². The molecular weight excluding hydrogens is 245 g/mol. The third kappa shape index (κ3) is 2.96. The van der Waals surface area contributed by atoms with Crippen LogP contribution in [0.4, 0.5) is 4.39 Å². The van der Waals surface area contributed by atoms with E-state index in [0.29, 0.717) is 6.42 Å². The molecule has 0 radical (unpaired) electrons. The molecule has 5 heteroatoms. The Kier molecular flexibility index (Phi) is 4.11. The number of aliphatic carboxylic acids is 1. The second-order valence-corrected chi connectivity index (χ2v) is 4.48. The average Bonchev–Trinajstić information content (AvgIpc) is 3.01. The minimum atomic E-state index is -0.959. The van der Waals surface area contributed by atoms with Crippen LogP contribution < -0.4 is 5.73 Å². The lowest BCUT2D eigenvalue weighted by Crippen LogP contribution is -2.40. The summed E-state index contributed by atoms with van der Waals surface area (Å²) in [5.41, 5.74) is 6.29. The summed E-state index contributed by atoms with van der Waals surface area (Å²) in [4.78, 5) is 10.8. The first kappa shape index (κ1) is 13.9. The molecule has 1 aliphatic rings. The van der Waals surface area contributed by atoms with Crippen molar-refractivity contribution < 1.29 is 14.3 Å². The number of hydrogen-bond acceptors (Lipinski definition) is 2. The van der Waals surface area contributed by atoms with Crippen molar-refractivity contribution in [2.75, 3.05) is 0 Å². The van der Waals surface area contributed by atoms with Crippen LogP contribution >= 0.6 is 12.4 Å². The summed E-state index contributed by atoms with van der Waals surface area (Å²) in [6.07, 6.45) is 2.27. The third-order valence-electron chi connectivity index (χ3n) is 3.29. The molecular formula is C12H15ClFNO2. The van der Waals surface area contributed by atoms with E-state index in [2.05, 4.69) is 0 Å². The fourth-order valence-electron chi connectivity index (χ4n) is 2.03. The molecule has 94 valence electrons. The number of benzene rings is 1. The molecule has 0 spiro atoms. The molecule has 0 aromatic heterocycles. The van der Waals surface area contributed by atoms with Gasteiger partial charge in [-0.05, 0) is 37.0 Å².